The molecule has 0 radical (unpaired) electrons. The molecule has 1 heterocycles. The van der Waals surface area contributed by atoms with Crippen LogP contribution in [0.3, 0.4) is 0 Å². The average molecular weight is 266 g/mol. The third-order valence-electron chi connectivity index (χ3n) is 3.95. The smallest absolute Gasteiger partial charge is 0.132 e. The summed E-state index contributed by atoms with van der Waals surface area (Å²) in [6.45, 7) is 2.15. The summed E-state index contributed by atoms with van der Waals surface area (Å²) in [6, 6.07) is 5.94. The van der Waals surface area contributed by atoms with Crippen molar-refractivity contribution in [2.24, 2.45) is 5.73 Å². The summed E-state index contributed by atoms with van der Waals surface area (Å²) in [5.74, 6) is -0.155. The summed E-state index contributed by atoms with van der Waals surface area (Å²) in [4.78, 5) is 2.33. The Morgan fingerprint density at radius 1 is 1.37 bits per heavy atom. The van der Waals surface area contributed by atoms with Crippen molar-refractivity contribution >= 4 is 0 Å². The van der Waals surface area contributed by atoms with Crippen LogP contribution in [0.1, 0.15) is 36.8 Å². The van der Waals surface area contributed by atoms with Crippen molar-refractivity contribution in [1.29, 1.82) is 0 Å². The SMILES string of the molecule is NCc1cccc(CN2CCCC2CCCO)c1F. The summed E-state index contributed by atoms with van der Waals surface area (Å²) < 4.78 is 14.2. The molecule has 1 atom stereocenters. The molecule has 0 aromatic heterocycles. The molecule has 1 aliphatic heterocycles. The lowest BCUT2D eigenvalue weighted by molar-refractivity contribution is 0.208. The molecule has 1 saturated heterocycles. The molecule has 2 rings (SSSR count). The Hall–Kier alpha value is -0.970. The van der Waals surface area contributed by atoms with Crippen LogP contribution in [0.15, 0.2) is 18.2 Å². The second-order valence-corrected chi connectivity index (χ2v) is 5.23. The van der Waals surface area contributed by atoms with Gasteiger partial charge >= 0.3 is 0 Å². The Morgan fingerprint density at radius 3 is 2.89 bits per heavy atom. The predicted molar refractivity (Wildman–Crippen MR) is 74.0 cm³/mol. The quantitative estimate of drug-likeness (QED) is 0.828. The highest BCUT2D eigenvalue weighted by molar-refractivity contribution is 5.26. The number of hydrogen-bond donors (Lipinski definition) is 2. The molecule has 0 spiro atoms. The van der Waals surface area contributed by atoms with Crippen LogP contribution in [0, 0.1) is 5.82 Å². The normalized spacial score (nSPS) is 20.1. The maximum atomic E-state index is 14.2. The van der Waals surface area contributed by atoms with Gasteiger partial charge in [0.2, 0.25) is 0 Å². The lowest BCUT2D eigenvalue weighted by Crippen LogP contribution is -2.29. The zero-order valence-electron chi connectivity index (χ0n) is 11.3. The molecule has 0 aliphatic carbocycles. The van der Waals surface area contributed by atoms with Gasteiger partial charge in [-0.05, 0) is 32.2 Å². The van der Waals surface area contributed by atoms with Crippen molar-refractivity contribution in [3.63, 3.8) is 0 Å². The third kappa shape index (κ3) is 3.53. The number of nitrogens with two attached hydrogens (primary N) is 1. The molecule has 4 heteroatoms. The van der Waals surface area contributed by atoms with Gasteiger partial charge in [0.25, 0.3) is 0 Å². The molecule has 3 nitrogen and oxygen atoms in total. The van der Waals surface area contributed by atoms with E-state index in [1.54, 1.807) is 6.07 Å². The van der Waals surface area contributed by atoms with Crippen LogP contribution >= 0.6 is 0 Å². The molecule has 3 N–H and O–H groups in total. The maximum Gasteiger partial charge on any atom is 0.132 e. The maximum absolute atomic E-state index is 14.2. The van der Waals surface area contributed by atoms with Crippen LogP contribution in [0.5, 0.6) is 0 Å². The van der Waals surface area contributed by atoms with E-state index in [1.807, 2.05) is 12.1 Å². The monoisotopic (exact) mass is 266 g/mol. The van der Waals surface area contributed by atoms with Gasteiger partial charge < -0.3 is 10.8 Å². The molecular weight excluding hydrogens is 243 g/mol. The van der Waals surface area contributed by atoms with Crippen molar-refractivity contribution in [2.75, 3.05) is 13.2 Å². The van der Waals surface area contributed by atoms with E-state index >= 15 is 0 Å². The fraction of sp³-hybridized carbons (Fsp3) is 0.600. The number of aliphatic hydroxyl groups excluding tert-OH is 1. The Morgan fingerprint density at radius 2 is 2.16 bits per heavy atom. The number of halogens is 1. The van der Waals surface area contributed by atoms with Gasteiger partial charge in [-0.25, -0.2) is 4.39 Å². The van der Waals surface area contributed by atoms with E-state index in [0.717, 1.165) is 37.8 Å². The van der Waals surface area contributed by atoms with Crippen LogP contribution in [-0.2, 0) is 13.1 Å². The number of rotatable bonds is 6. The minimum Gasteiger partial charge on any atom is -0.396 e. The molecule has 1 unspecified atom stereocenters. The second-order valence-electron chi connectivity index (χ2n) is 5.23. The average Bonchev–Trinajstić information content (AvgIpc) is 2.86. The van der Waals surface area contributed by atoms with Gasteiger partial charge in [0.15, 0.2) is 0 Å². The topological polar surface area (TPSA) is 49.5 Å². The Bertz CT molecular complexity index is 411. The lowest BCUT2D eigenvalue weighted by Gasteiger charge is -2.24. The first-order valence-electron chi connectivity index (χ1n) is 7.07. The highest BCUT2D eigenvalue weighted by Gasteiger charge is 2.24. The first-order chi connectivity index (χ1) is 9.26. The van der Waals surface area contributed by atoms with Gasteiger partial charge in [-0.2, -0.15) is 0 Å². The van der Waals surface area contributed by atoms with E-state index in [4.69, 9.17) is 10.8 Å². The minimum atomic E-state index is -0.155. The first-order valence-corrected chi connectivity index (χ1v) is 7.07. The summed E-state index contributed by atoms with van der Waals surface area (Å²) in [5, 5.41) is 8.92. The predicted octanol–water partition coefficient (Wildman–Crippen LogP) is 2.02. The largest absolute Gasteiger partial charge is 0.396 e. The van der Waals surface area contributed by atoms with Crippen LogP contribution in [0.4, 0.5) is 4.39 Å². The fourth-order valence-corrected chi connectivity index (χ4v) is 2.89. The van der Waals surface area contributed by atoms with Crippen molar-refractivity contribution in [3.8, 4) is 0 Å². The van der Waals surface area contributed by atoms with Crippen LogP contribution in [0.2, 0.25) is 0 Å². The van der Waals surface area contributed by atoms with Gasteiger partial charge in [-0.15, -0.1) is 0 Å². The molecule has 1 aromatic carbocycles. The van der Waals surface area contributed by atoms with Crippen molar-refractivity contribution in [3.05, 3.63) is 35.1 Å². The second kappa shape index (κ2) is 6.98. The highest BCUT2D eigenvalue weighted by atomic mass is 19.1. The lowest BCUT2D eigenvalue weighted by atomic mass is 10.1. The highest BCUT2D eigenvalue weighted by Crippen LogP contribution is 2.25. The van der Waals surface area contributed by atoms with E-state index in [0.29, 0.717) is 18.2 Å². The molecule has 0 bridgehead atoms. The number of hydrogen-bond acceptors (Lipinski definition) is 3. The Kier molecular flexibility index (Phi) is 5.31. The molecule has 0 saturated carbocycles. The molecular formula is C15H23FN2O. The summed E-state index contributed by atoms with van der Waals surface area (Å²) >= 11 is 0. The van der Waals surface area contributed by atoms with Crippen molar-refractivity contribution in [2.45, 2.75) is 44.8 Å². The van der Waals surface area contributed by atoms with Crippen LogP contribution < -0.4 is 5.73 Å². The number of nitrogens with zero attached hydrogens (tertiary/aromatic N) is 1. The van der Waals surface area contributed by atoms with E-state index in [-0.39, 0.29) is 19.0 Å². The van der Waals surface area contributed by atoms with E-state index in [2.05, 4.69) is 4.90 Å². The molecule has 1 aromatic rings. The van der Waals surface area contributed by atoms with E-state index in [1.165, 1.54) is 0 Å². The molecule has 106 valence electrons. The number of aliphatic hydroxyl groups is 1. The molecule has 1 fully saturated rings. The van der Waals surface area contributed by atoms with E-state index in [9.17, 15) is 4.39 Å². The number of benzene rings is 1. The van der Waals surface area contributed by atoms with Gasteiger partial charge in [0, 0.05) is 36.9 Å². The van der Waals surface area contributed by atoms with Crippen molar-refractivity contribution < 1.29 is 9.50 Å². The summed E-state index contributed by atoms with van der Waals surface area (Å²) in [6.07, 6.45) is 4.13. The van der Waals surface area contributed by atoms with Gasteiger partial charge in [-0.1, -0.05) is 18.2 Å². The third-order valence-corrected chi connectivity index (χ3v) is 3.95. The van der Waals surface area contributed by atoms with Gasteiger partial charge in [-0.3, -0.25) is 4.90 Å². The van der Waals surface area contributed by atoms with Crippen molar-refractivity contribution in [1.82, 2.24) is 4.90 Å². The van der Waals surface area contributed by atoms with Crippen LogP contribution in [0.25, 0.3) is 0 Å². The zero-order chi connectivity index (χ0) is 13.7. The standard InChI is InChI=1S/C15H23FN2O/c16-15-12(10-17)4-1-5-13(15)11-18-8-2-6-14(18)7-3-9-19/h1,4-5,14,19H,2-3,6-11,17H2. The zero-order valence-corrected chi connectivity index (χ0v) is 11.3. The number of likely N-dealkylation sites (tertiary alicyclic amines) is 1. The van der Waals surface area contributed by atoms with Gasteiger partial charge in [0.05, 0.1) is 0 Å². The summed E-state index contributed by atoms with van der Waals surface area (Å²) in [7, 11) is 0. The fourth-order valence-electron chi connectivity index (χ4n) is 2.89. The van der Waals surface area contributed by atoms with Gasteiger partial charge in [0.1, 0.15) is 5.82 Å². The molecule has 1 aliphatic rings. The summed E-state index contributed by atoms with van der Waals surface area (Å²) in [5.41, 5.74) is 6.86. The van der Waals surface area contributed by atoms with Crippen LogP contribution in [-0.4, -0.2) is 29.2 Å². The Labute approximate surface area is 114 Å². The Balaban J connectivity index is 2.03. The first kappa shape index (κ1) is 14.4. The molecule has 19 heavy (non-hydrogen) atoms. The minimum absolute atomic E-state index is 0.155. The van der Waals surface area contributed by atoms with E-state index < -0.39 is 0 Å². The molecule has 0 amide bonds.